The monoisotopic (exact) mass is 373 g/mol. The van der Waals surface area contributed by atoms with E-state index in [1.807, 2.05) is 30.0 Å². The van der Waals surface area contributed by atoms with Gasteiger partial charge in [-0.1, -0.05) is 18.2 Å². The van der Waals surface area contributed by atoms with Crippen molar-refractivity contribution in [2.75, 3.05) is 45.9 Å². The number of nitrogens with zero attached hydrogens (tertiary/aromatic N) is 3. The van der Waals surface area contributed by atoms with Crippen molar-refractivity contribution in [2.45, 2.75) is 39.3 Å². The Kier molecular flexibility index (Phi) is 6.85. The zero-order valence-corrected chi connectivity index (χ0v) is 16.5. The number of ketones is 1. The van der Waals surface area contributed by atoms with E-state index in [-0.39, 0.29) is 11.9 Å². The van der Waals surface area contributed by atoms with E-state index in [0.717, 1.165) is 51.4 Å². The third-order valence-corrected chi connectivity index (χ3v) is 5.58. The van der Waals surface area contributed by atoms with Gasteiger partial charge in [-0.2, -0.15) is 0 Å². The van der Waals surface area contributed by atoms with Gasteiger partial charge in [-0.05, 0) is 44.9 Å². The number of likely N-dealkylation sites (tertiary alicyclic amines) is 1. The first-order valence-electron chi connectivity index (χ1n) is 10.0. The highest BCUT2D eigenvalue weighted by atomic mass is 16.6. The smallest absolute Gasteiger partial charge is 0.409 e. The van der Waals surface area contributed by atoms with Gasteiger partial charge in [-0.25, -0.2) is 4.79 Å². The summed E-state index contributed by atoms with van der Waals surface area (Å²) in [7, 11) is 0. The van der Waals surface area contributed by atoms with E-state index in [9.17, 15) is 9.59 Å². The van der Waals surface area contributed by atoms with Gasteiger partial charge in [0.1, 0.15) is 0 Å². The molecule has 0 bridgehead atoms. The third kappa shape index (κ3) is 5.30. The molecule has 0 radical (unpaired) electrons. The second-order valence-corrected chi connectivity index (χ2v) is 7.51. The third-order valence-electron chi connectivity index (χ3n) is 5.58. The molecule has 1 aromatic carbocycles. The van der Waals surface area contributed by atoms with Crippen molar-refractivity contribution in [1.82, 2.24) is 14.7 Å². The summed E-state index contributed by atoms with van der Waals surface area (Å²) in [6.07, 6.45) is 2.21. The fourth-order valence-corrected chi connectivity index (χ4v) is 4.10. The molecule has 148 valence electrons. The van der Waals surface area contributed by atoms with Crippen molar-refractivity contribution in [3.8, 4) is 0 Å². The minimum Gasteiger partial charge on any atom is -0.450 e. The van der Waals surface area contributed by atoms with Crippen LogP contribution in [-0.4, -0.2) is 78.5 Å². The van der Waals surface area contributed by atoms with Crippen molar-refractivity contribution < 1.29 is 14.3 Å². The SMILES string of the molecule is CCOC(=O)N1CCN(C2CCCN(Cc3cccc(C(C)=O)c3)C2)CC1. The minimum absolute atomic E-state index is 0.118. The topological polar surface area (TPSA) is 53.1 Å². The summed E-state index contributed by atoms with van der Waals surface area (Å²) < 4.78 is 5.11. The van der Waals surface area contributed by atoms with E-state index in [4.69, 9.17) is 4.74 Å². The van der Waals surface area contributed by atoms with Crippen molar-refractivity contribution in [1.29, 1.82) is 0 Å². The number of hydrogen-bond acceptors (Lipinski definition) is 5. The molecule has 27 heavy (non-hydrogen) atoms. The standard InChI is InChI=1S/C21H31N3O3/c1-3-27-21(26)24-12-10-23(11-13-24)20-8-5-9-22(16-20)15-18-6-4-7-19(14-18)17(2)25/h4,6-7,14,20H,3,5,8-13,15-16H2,1-2H3. The molecule has 3 rings (SSSR count). The molecule has 0 saturated carbocycles. The van der Waals surface area contributed by atoms with E-state index in [2.05, 4.69) is 15.9 Å². The zero-order chi connectivity index (χ0) is 19.2. The highest BCUT2D eigenvalue weighted by molar-refractivity contribution is 5.94. The lowest BCUT2D eigenvalue weighted by Crippen LogP contribution is -2.55. The minimum atomic E-state index is -0.187. The predicted molar refractivity (Wildman–Crippen MR) is 105 cm³/mol. The predicted octanol–water partition coefficient (Wildman–Crippen LogP) is 2.63. The summed E-state index contributed by atoms with van der Waals surface area (Å²) in [4.78, 5) is 30.3. The number of ether oxygens (including phenoxy) is 1. The van der Waals surface area contributed by atoms with Crippen LogP contribution in [0.2, 0.25) is 0 Å². The normalized spacial score (nSPS) is 21.9. The Balaban J connectivity index is 1.52. The Morgan fingerprint density at radius 3 is 2.63 bits per heavy atom. The first kappa shape index (κ1) is 19.8. The number of carbonyl (C=O) groups is 2. The van der Waals surface area contributed by atoms with Crippen molar-refractivity contribution >= 4 is 11.9 Å². The first-order valence-corrected chi connectivity index (χ1v) is 10.0. The number of benzene rings is 1. The largest absolute Gasteiger partial charge is 0.450 e. The fraction of sp³-hybridized carbons (Fsp3) is 0.619. The Morgan fingerprint density at radius 1 is 1.15 bits per heavy atom. The molecule has 1 aromatic rings. The van der Waals surface area contributed by atoms with Crippen molar-refractivity contribution in [3.63, 3.8) is 0 Å². The Bertz CT molecular complexity index is 656. The van der Waals surface area contributed by atoms with Crippen LogP contribution in [0, 0.1) is 0 Å². The van der Waals surface area contributed by atoms with Gasteiger partial charge in [0.2, 0.25) is 0 Å². The molecule has 6 heteroatoms. The van der Waals surface area contributed by atoms with Crippen LogP contribution < -0.4 is 0 Å². The fourth-order valence-electron chi connectivity index (χ4n) is 4.10. The van der Waals surface area contributed by atoms with Crippen LogP contribution in [0.15, 0.2) is 24.3 Å². The highest BCUT2D eigenvalue weighted by Crippen LogP contribution is 2.20. The number of piperidine rings is 1. The first-order chi connectivity index (χ1) is 13.1. The Labute approximate surface area is 162 Å². The molecule has 1 atom stereocenters. The van der Waals surface area contributed by atoms with Crippen LogP contribution in [0.25, 0.3) is 0 Å². The van der Waals surface area contributed by atoms with Crippen LogP contribution in [0.4, 0.5) is 4.79 Å². The average Bonchev–Trinajstić information content (AvgIpc) is 2.69. The van der Waals surface area contributed by atoms with Gasteiger partial charge in [0.05, 0.1) is 6.61 Å². The lowest BCUT2D eigenvalue weighted by molar-refractivity contribution is 0.0412. The van der Waals surface area contributed by atoms with Gasteiger partial charge in [-0.3, -0.25) is 14.6 Å². The summed E-state index contributed by atoms with van der Waals surface area (Å²) in [5, 5.41) is 0. The maximum absolute atomic E-state index is 11.9. The maximum Gasteiger partial charge on any atom is 0.409 e. The number of hydrogen-bond donors (Lipinski definition) is 0. The Hall–Kier alpha value is -1.92. The molecule has 6 nitrogen and oxygen atoms in total. The molecule has 2 aliphatic rings. The van der Waals surface area contributed by atoms with Gasteiger partial charge in [0.15, 0.2) is 5.78 Å². The van der Waals surface area contributed by atoms with Crippen LogP contribution in [0.3, 0.4) is 0 Å². The summed E-state index contributed by atoms with van der Waals surface area (Å²) in [6.45, 7) is 10.2. The molecule has 1 amide bonds. The second-order valence-electron chi connectivity index (χ2n) is 7.51. The molecule has 0 aromatic heterocycles. The van der Waals surface area contributed by atoms with E-state index in [1.165, 1.54) is 18.4 Å². The number of rotatable bonds is 5. The summed E-state index contributed by atoms with van der Waals surface area (Å²) in [5.41, 5.74) is 1.99. The highest BCUT2D eigenvalue weighted by Gasteiger charge is 2.29. The van der Waals surface area contributed by atoms with E-state index < -0.39 is 0 Å². The molecule has 0 N–H and O–H groups in total. The van der Waals surface area contributed by atoms with Crippen LogP contribution in [0.1, 0.15) is 42.6 Å². The molecule has 1 unspecified atom stereocenters. The van der Waals surface area contributed by atoms with Gasteiger partial charge >= 0.3 is 6.09 Å². The van der Waals surface area contributed by atoms with Gasteiger partial charge in [-0.15, -0.1) is 0 Å². The van der Waals surface area contributed by atoms with E-state index in [1.54, 1.807) is 6.92 Å². The van der Waals surface area contributed by atoms with E-state index in [0.29, 0.717) is 12.6 Å². The molecule has 0 spiro atoms. The molecule has 2 saturated heterocycles. The van der Waals surface area contributed by atoms with Gasteiger partial charge < -0.3 is 9.64 Å². The summed E-state index contributed by atoms with van der Waals surface area (Å²) in [6, 6.07) is 8.52. The number of amides is 1. The van der Waals surface area contributed by atoms with Crippen LogP contribution >= 0.6 is 0 Å². The number of Topliss-reactive ketones (excluding diaryl/α,β-unsaturated/α-hetero) is 1. The summed E-state index contributed by atoms with van der Waals surface area (Å²) >= 11 is 0. The molecule has 2 fully saturated rings. The van der Waals surface area contributed by atoms with Gasteiger partial charge in [0.25, 0.3) is 0 Å². The second kappa shape index (κ2) is 9.33. The van der Waals surface area contributed by atoms with Crippen LogP contribution in [-0.2, 0) is 11.3 Å². The van der Waals surface area contributed by atoms with Crippen molar-refractivity contribution in [2.24, 2.45) is 0 Å². The lowest BCUT2D eigenvalue weighted by atomic mass is 10.0. The quantitative estimate of drug-likeness (QED) is 0.743. The van der Waals surface area contributed by atoms with Crippen molar-refractivity contribution in [3.05, 3.63) is 35.4 Å². The zero-order valence-electron chi connectivity index (χ0n) is 16.5. The van der Waals surface area contributed by atoms with Gasteiger partial charge in [0, 0.05) is 50.9 Å². The Morgan fingerprint density at radius 2 is 1.93 bits per heavy atom. The molecular formula is C21H31N3O3. The molecule has 2 heterocycles. The van der Waals surface area contributed by atoms with Crippen LogP contribution in [0.5, 0.6) is 0 Å². The lowest BCUT2D eigenvalue weighted by Gasteiger charge is -2.43. The number of carbonyl (C=O) groups excluding carboxylic acids is 2. The van der Waals surface area contributed by atoms with E-state index >= 15 is 0 Å². The number of piperazine rings is 1. The molecule has 0 aliphatic carbocycles. The maximum atomic E-state index is 11.9. The summed E-state index contributed by atoms with van der Waals surface area (Å²) in [5.74, 6) is 0.118. The molecule has 2 aliphatic heterocycles. The molecular weight excluding hydrogens is 342 g/mol. The average molecular weight is 373 g/mol.